The SMILES string of the molecule is C#CCOc1ccc(C(C)(C)c2ccc(OC[C@H](C)CCl)cc2)cc1. The Kier molecular flexibility index (Phi) is 6.79. The summed E-state index contributed by atoms with van der Waals surface area (Å²) in [7, 11) is 0. The van der Waals surface area contributed by atoms with Gasteiger partial charge in [0.2, 0.25) is 0 Å². The van der Waals surface area contributed by atoms with E-state index in [1.807, 2.05) is 24.3 Å². The molecule has 2 nitrogen and oxygen atoms in total. The van der Waals surface area contributed by atoms with E-state index in [9.17, 15) is 0 Å². The molecule has 2 aromatic carbocycles. The zero-order valence-corrected chi connectivity index (χ0v) is 15.8. The van der Waals surface area contributed by atoms with E-state index in [-0.39, 0.29) is 12.0 Å². The van der Waals surface area contributed by atoms with Crippen molar-refractivity contribution in [1.29, 1.82) is 0 Å². The van der Waals surface area contributed by atoms with Crippen molar-refractivity contribution >= 4 is 11.6 Å². The first kappa shape index (κ1) is 19.2. The first-order chi connectivity index (χ1) is 12.0. The van der Waals surface area contributed by atoms with Crippen LogP contribution in [0, 0.1) is 18.3 Å². The van der Waals surface area contributed by atoms with Crippen molar-refractivity contribution in [3.63, 3.8) is 0 Å². The van der Waals surface area contributed by atoms with Crippen molar-refractivity contribution in [2.75, 3.05) is 19.1 Å². The van der Waals surface area contributed by atoms with Gasteiger partial charge in [0.1, 0.15) is 18.1 Å². The molecule has 0 unspecified atom stereocenters. The molecular formula is C22H25ClO2. The van der Waals surface area contributed by atoms with Crippen LogP contribution in [-0.4, -0.2) is 19.1 Å². The zero-order valence-electron chi connectivity index (χ0n) is 15.1. The summed E-state index contributed by atoms with van der Waals surface area (Å²) in [6.45, 7) is 7.39. The second-order valence-electron chi connectivity index (χ2n) is 6.74. The molecule has 0 saturated carbocycles. The highest BCUT2D eigenvalue weighted by Gasteiger charge is 2.23. The molecule has 2 rings (SSSR count). The van der Waals surface area contributed by atoms with Gasteiger partial charge in [-0.2, -0.15) is 0 Å². The highest BCUT2D eigenvalue weighted by atomic mass is 35.5. The van der Waals surface area contributed by atoms with E-state index in [1.54, 1.807) is 0 Å². The number of rotatable bonds is 8. The highest BCUT2D eigenvalue weighted by Crippen LogP contribution is 2.33. The molecule has 0 heterocycles. The molecule has 0 fully saturated rings. The number of terminal acetylenes is 1. The van der Waals surface area contributed by atoms with Crippen molar-refractivity contribution in [1.82, 2.24) is 0 Å². The summed E-state index contributed by atoms with van der Waals surface area (Å²) < 4.78 is 11.2. The second-order valence-corrected chi connectivity index (χ2v) is 7.05. The van der Waals surface area contributed by atoms with Gasteiger partial charge in [-0.25, -0.2) is 0 Å². The molecular weight excluding hydrogens is 332 g/mol. The Bertz CT molecular complexity index is 696. The lowest BCUT2D eigenvalue weighted by Gasteiger charge is -2.26. The Morgan fingerprint density at radius 1 is 0.960 bits per heavy atom. The topological polar surface area (TPSA) is 18.5 Å². The van der Waals surface area contributed by atoms with E-state index in [0.717, 1.165) is 11.5 Å². The third-order valence-electron chi connectivity index (χ3n) is 4.27. The minimum absolute atomic E-state index is 0.118. The Morgan fingerprint density at radius 3 is 1.88 bits per heavy atom. The maximum atomic E-state index is 5.81. The molecule has 0 aliphatic rings. The summed E-state index contributed by atoms with van der Waals surface area (Å²) in [5, 5.41) is 0. The Morgan fingerprint density at radius 2 is 1.44 bits per heavy atom. The second kappa shape index (κ2) is 8.83. The van der Waals surface area contributed by atoms with Gasteiger partial charge in [-0.15, -0.1) is 18.0 Å². The minimum Gasteiger partial charge on any atom is -0.493 e. The molecule has 0 spiro atoms. The Balaban J connectivity index is 2.09. The summed E-state index contributed by atoms with van der Waals surface area (Å²) in [5.74, 6) is 5.07. The monoisotopic (exact) mass is 356 g/mol. The number of alkyl halides is 1. The molecule has 0 bridgehead atoms. The number of ether oxygens (including phenoxy) is 2. The number of hydrogen-bond donors (Lipinski definition) is 0. The van der Waals surface area contributed by atoms with Crippen molar-refractivity contribution < 1.29 is 9.47 Å². The van der Waals surface area contributed by atoms with Crippen molar-refractivity contribution in [2.24, 2.45) is 5.92 Å². The number of benzene rings is 2. The average Bonchev–Trinajstić information content (AvgIpc) is 2.65. The summed E-state index contributed by atoms with van der Waals surface area (Å²) in [6.07, 6.45) is 5.22. The van der Waals surface area contributed by atoms with Gasteiger partial charge in [-0.05, 0) is 35.4 Å². The third kappa shape index (κ3) is 5.18. The summed E-state index contributed by atoms with van der Waals surface area (Å²) >= 11 is 5.81. The van der Waals surface area contributed by atoms with Crippen LogP contribution in [0.4, 0.5) is 0 Å². The van der Waals surface area contributed by atoms with Gasteiger partial charge >= 0.3 is 0 Å². The summed E-state index contributed by atoms with van der Waals surface area (Å²) in [4.78, 5) is 0. The van der Waals surface area contributed by atoms with Crippen LogP contribution in [0.1, 0.15) is 31.9 Å². The third-order valence-corrected chi connectivity index (χ3v) is 4.80. The molecule has 2 aromatic rings. The summed E-state index contributed by atoms with van der Waals surface area (Å²) in [6, 6.07) is 16.3. The molecule has 25 heavy (non-hydrogen) atoms. The summed E-state index contributed by atoms with van der Waals surface area (Å²) in [5.41, 5.74) is 2.32. The fraction of sp³-hybridized carbons (Fsp3) is 0.364. The van der Waals surface area contributed by atoms with E-state index in [1.165, 1.54) is 11.1 Å². The van der Waals surface area contributed by atoms with Crippen molar-refractivity contribution in [3.05, 3.63) is 59.7 Å². The predicted molar refractivity (Wildman–Crippen MR) is 105 cm³/mol. The normalized spacial score (nSPS) is 12.3. The Labute approximate surface area is 156 Å². The van der Waals surface area contributed by atoms with Gasteiger partial charge in [0.25, 0.3) is 0 Å². The molecule has 132 valence electrons. The lowest BCUT2D eigenvalue weighted by molar-refractivity contribution is 0.272. The molecule has 3 heteroatoms. The van der Waals surface area contributed by atoms with E-state index in [2.05, 4.69) is 51.0 Å². The fourth-order valence-corrected chi connectivity index (χ4v) is 2.60. The van der Waals surface area contributed by atoms with Crippen LogP contribution in [0.5, 0.6) is 11.5 Å². The van der Waals surface area contributed by atoms with Crippen LogP contribution in [0.2, 0.25) is 0 Å². The van der Waals surface area contributed by atoms with Gasteiger partial charge < -0.3 is 9.47 Å². The van der Waals surface area contributed by atoms with E-state index >= 15 is 0 Å². The largest absolute Gasteiger partial charge is 0.493 e. The van der Waals surface area contributed by atoms with Crippen LogP contribution >= 0.6 is 11.6 Å². The maximum absolute atomic E-state index is 5.81. The fourth-order valence-electron chi connectivity index (χ4n) is 2.51. The number of halogens is 1. The molecule has 0 aliphatic carbocycles. The molecule has 0 N–H and O–H groups in total. The molecule has 0 aromatic heterocycles. The lowest BCUT2D eigenvalue weighted by Crippen LogP contribution is -2.18. The van der Waals surface area contributed by atoms with E-state index in [4.69, 9.17) is 27.5 Å². The molecule has 0 saturated heterocycles. The predicted octanol–water partition coefficient (Wildman–Crippen LogP) is 5.28. The molecule has 0 aliphatic heterocycles. The van der Waals surface area contributed by atoms with E-state index < -0.39 is 0 Å². The van der Waals surface area contributed by atoms with Gasteiger partial charge in [0.05, 0.1) is 6.61 Å². The smallest absolute Gasteiger partial charge is 0.148 e. The molecule has 0 radical (unpaired) electrons. The first-order valence-electron chi connectivity index (χ1n) is 8.43. The van der Waals surface area contributed by atoms with E-state index in [0.29, 0.717) is 18.4 Å². The van der Waals surface area contributed by atoms with Crippen molar-refractivity contribution in [2.45, 2.75) is 26.2 Å². The van der Waals surface area contributed by atoms with Crippen LogP contribution < -0.4 is 9.47 Å². The number of hydrogen-bond acceptors (Lipinski definition) is 2. The maximum Gasteiger partial charge on any atom is 0.148 e. The van der Waals surface area contributed by atoms with Gasteiger partial charge in [-0.1, -0.05) is 51.0 Å². The van der Waals surface area contributed by atoms with Gasteiger partial charge in [0, 0.05) is 17.2 Å². The standard InChI is InChI=1S/C22H25ClO2/c1-5-14-24-20-10-6-18(7-11-20)22(3,4)19-8-12-21(13-9-19)25-16-17(2)15-23/h1,6-13,17H,14-16H2,2-4H3/t17-/m1/s1. The molecule has 1 atom stereocenters. The zero-order chi connectivity index (χ0) is 18.3. The van der Waals surface area contributed by atoms with Crippen molar-refractivity contribution in [3.8, 4) is 23.8 Å². The van der Waals surface area contributed by atoms with Gasteiger partial charge in [0.15, 0.2) is 0 Å². The van der Waals surface area contributed by atoms with Crippen LogP contribution in [0.25, 0.3) is 0 Å². The van der Waals surface area contributed by atoms with Crippen LogP contribution in [0.3, 0.4) is 0 Å². The average molecular weight is 357 g/mol. The lowest BCUT2D eigenvalue weighted by atomic mass is 9.78. The quantitative estimate of drug-likeness (QED) is 0.473. The molecule has 0 amide bonds. The van der Waals surface area contributed by atoms with Gasteiger partial charge in [-0.3, -0.25) is 0 Å². The first-order valence-corrected chi connectivity index (χ1v) is 8.97. The Hall–Kier alpha value is -2.11. The van der Waals surface area contributed by atoms with Crippen LogP contribution in [0.15, 0.2) is 48.5 Å². The highest BCUT2D eigenvalue weighted by molar-refractivity contribution is 6.18. The minimum atomic E-state index is -0.118. The van der Waals surface area contributed by atoms with Crippen LogP contribution in [-0.2, 0) is 5.41 Å².